The zero-order chi connectivity index (χ0) is 70.8. The first-order valence-corrected chi connectivity index (χ1v) is 37.5. The highest BCUT2D eigenvalue weighted by molar-refractivity contribution is 7.89. The number of aromatic nitrogens is 4. The number of nitrogens with zero attached hydrogens (tertiary/aromatic N) is 7. The molecule has 24 heteroatoms. The second-order valence-electron chi connectivity index (χ2n) is 25.7. The lowest BCUT2D eigenvalue weighted by molar-refractivity contribution is -0.125. The number of thiazole rings is 2. The van der Waals surface area contributed by atoms with Crippen molar-refractivity contribution in [2.24, 2.45) is 11.7 Å². The van der Waals surface area contributed by atoms with Crippen LogP contribution in [0, 0.1) is 39.9 Å². The molecule has 13 rings (SSSR count). The van der Waals surface area contributed by atoms with Crippen LogP contribution in [0.2, 0.25) is 0 Å². The minimum absolute atomic E-state index is 0.00365. The largest absolute Gasteiger partial charge is 0.490 e. The maximum Gasteiger partial charge on any atom is 0.407 e. The molecule has 4 aliphatic rings. The molecule has 0 saturated heterocycles. The Morgan fingerprint density at radius 3 is 1.45 bits per heavy atom. The number of hydrogen-bond acceptors (Lipinski definition) is 20. The molecule has 4 aliphatic carbocycles. The first kappa shape index (κ1) is 71.9. The maximum atomic E-state index is 12.8. The van der Waals surface area contributed by atoms with Crippen molar-refractivity contribution in [2.45, 2.75) is 142 Å². The van der Waals surface area contributed by atoms with Crippen molar-refractivity contribution < 1.29 is 41.7 Å². The molecule has 0 spiro atoms. The fourth-order valence-electron chi connectivity index (χ4n) is 13.1. The molecular weight excluding hydrogens is 1340 g/mol. The molecular formula is C76H79N11O9S4. The molecule has 9 aromatic rings. The first-order chi connectivity index (χ1) is 48.2. The minimum Gasteiger partial charge on any atom is -0.490 e. The lowest BCUT2D eigenvalue weighted by atomic mass is 10.0. The van der Waals surface area contributed by atoms with Crippen LogP contribution in [0.5, 0.6) is 17.2 Å². The summed E-state index contributed by atoms with van der Waals surface area (Å²) in [5.74, 6) is 1.85. The molecule has 1 saturated carbocycles. The van der Waals surface area contributed by atoms with Crippen molar-refractivity contribution in [1.29, 1.82) is 15.8 Å². The Balaban J connectivity index is 0.000000152. The number of nitrogens with one attached hydrogen (secondary N) is 3. The number of rotatable bonds is 20. The third-order valence-corrected chi connectivity index (χ3v) is 22.2. The van der Waals surface area contributed by atoms with E-state index in [1.165, 1.54) is 47.8 Å². The minimum atomic E-state index is -3.42. The van der Waals surface area contributed by atoms with Gasteiger partial charge >= 0.3 is 6.09 Å². The number of carbonyl (C=O) groups excluding carboxylic acids is 2. The van der Waals surface area contributed by atoms with E-state index in [0.29, 0.717) is 40.4 Å². The summed E-state index contributed by atoms with van der Waals surface area (Å²) in [6.07, 6.45) is 10.9. The van der Waals surface area contributed by atoms with Crippen molar-refractivity contribution in [1.82, 2.24) is 35.5 Å². The number of ether oxygens (including phenoxy) is 5. The Morgan fingerprint density at radius 2 is 1.00 bits per heavy atom. The maximum absolute atomic E-state index is 12.8. The Bertz CT molecular complexity index is 4720. The highest BCUT2D eigenvalue weighted by Crippen LogP contribution is 2.45. The zero-order valence-corrected chi connectivity index (χ0v) is 60.2. The summed E-state index contributed by atoms with van der Waals surface area (Å²) < 4.78 is 54.4. The molecule has 5 atom stereocenters. The van der Waals surface area contributed by atoms with E-state index >= 15 is 0 Å². The summed E-state index contributed by atoms with van der Waals surface area (Å²) in [5.41, 5.74) is 20.2. The number of amides is 2. The number of hydrogen-bond donors (Lipinski definition) is 4. The molecule has 1 unspecified atom stereocenters. The summed E-state index contributed by atoms with van der Waals surface area (Å²) in [4.78, 5) is 35.8. The van der Waals surface area contributed by atoms with Gasteiger partial charge in [-0.05, 0) is 198 Å². The van der Waals surface area contributed by atoms with E-state index in [4.69, 9.17) is 29.4 Å². The normalized spacial score (nSPS) is 17.1. The third-order valence-electron chi connectivity index (χ3n) is 17.7. The van der Waals surface area contributed by atoms with Crippen LogP contribution in [-0.4, -0.2) is 91.5 Å². The summed E-state index contributed by atoms with van der Waals surface area (Å²) in [6, 6.07) is 41.6. The van der Waals surface area contributed by atoms with Gasteiger partial charge in [0.1, 0.15) is 55.5 Å². The molecule has 3 aromatic heterocycles. The molecule has 5 N–H and O–H groups in total. The molecule has 0 radical (unpaired) electrons. The van der Waals surface area contributed by atoms with Crippen molar-refractivity contribution in [3.8, 4) is 98.6 Å². The van der Waals surface area contributed by atoms with Crippen LogP contribution in [0.25, 0.3) is 63.2 Å². The van der Waals surface area contributed by atoms with Gasteiger partial charge < -0.3 is 40.1 Å². The van der Waals surface area contributed by atoms with Crippen molar-refractivity contribution in [3.05, 3.63) is 172 Å². The molecule has 6 aromatic carbocycles. The van der Waals surface area contributed by atoms with Crippen LogP contribution in [0.3, 0.4) is 0 Å². The molecule has 2 amide bonds. The van der Waals surface area contributed by atoms with Gasteiger partial charge in [0.25, 0.3) is 0 Å². The number of benzene rings is 6. The Labute approximate surface area is 595 Å². The van der Waals surface area contributed by atoms with Crippen LogP contribution < -0.4 is 35.3 Å². The molecule has 3 heterocycles. The quantitative estimate of drug-likeness (QED) is 0.0551. The van der Waals surface area contributed by atoms with Crippen LogP contribution in [-0.2, 0) is 43.6 Å². The van der Waals surface area contributed by atoms with Crippen LogP contribution in [0.1, 0.15) is 148 Å². The van der Waals surface area contributed by atoms with E-state index < -0.39 is 16.1 Å². The Hall–Kier alpha value is -9.42. The average molecular weight is 1420 g/mol. The van der Waals surface area contributed by atoms with Gasteiger partial charge in [-0.25, -0.2) is 27.9 Å². The van der Waals surface area contributed by atoms with E-state index in [1.807, 2.05) is 121 Å². The fraction of sp³-hybridized carbons (Fsp3) is 0.355. The summed E-state index contributed by atoms with van der Waals surface area (Å²) in [6.45, 7) is 11.8. The van der Waals surface area contributed by atoms with Crippen molar-refractivity contribution >= 4 is 56.0 Å². The predicted octanol–water partition coefficient (Wildman–Crippen LogP) is 14.9. The van der Waals surface area contributed by atoms with E-state index in [9.17, 15) is 33.8 Å². The molecule has 0 bridgehead atoms. The lowest BCUT2D eigenvalue weighted by Gasteiger charge is -2.18. The van der Waals surface area contributed by atoms with Gasteiger partial charge in [-0.2, -0.15) is 15.8 Å². The third kappa shape index (κ3) is 16.9. The van der Waals surface area contributed by atoms with E-state index in [-0.39, 0.29) is 66.7 Å². The van der Waals surface area contributed by atoms with Gasteiger partial charge in [-0.1, -0.05) is 65.9 Å². The number of fused-ring (bicyclic) bond motifs is 3. The number of carbonyl (C=O) groups is 2. The highest BCUT2D eigenvalue weighted by Gasteiger charge is 2.34. The predicted molar refractivity (Wildman–Crippen MR) is 389 cm³/mol. The summed E-state index contributed by atoms with van der Waals surface area (Å²) >= 11 is 4.65. The van der Waals surface area contributed by atoms with Gasteiger partial charge in [0.2, 0.25) is 15.9 Å². The van der Waals surface area contributed by atoms with Gasteiger partial charge in [0.05, 0.1) is 76.3 Å². The second-order valence-corrected chi connectivity index (χ2v) is 30.6. The first-order valence-electron chi connectivity index (χ1n) is 33.4. The van der Waals surface area contributed by atoms with Crippen molar-refractivity contribution in [2.75, 3.05) is 26.6 Å². The zero-order valence-electron chi connectivity index (χ0n) is 57.0. The van der Waals surface area contributed by atoms with Crippen molar-refractivity contribution in [3.63, 3.8) is 0 Å². The summed E-state index contributed by atoms with van der Waals surface area (Å²) in [5, 5.41) is 46.8. The van der Waals surface area contributed by atoms with Crippen LogP contribution in [0.4, 0.5) is 4.79 Å². The second kappa shape index (κ2) is 32.3. The molecule has 100 heavy (non-hydrogen) atoms. The smallest absolute Gasteiger partial charge is 0.407 e. The van der Waals surface area contributed by atoms with E-state index in [1.54, 1.807) is 40.9 Å². The summed E-state index contributed by atoms with van der Waals surface area (Å²) in [7, 11) is -0.563. The number of nitriles is 3. The molecule has 516 valence electrons. The van der Waals surface area contributed by atoms with Gasteiger partial charge in [-0.15, -0.1) is 32.9 Å². The van der Waals surface area contributed by atoms with Gasteiger partial charge in [-0.3, -0.25) is 4.79 Å². The topological polar surface area (TPSA) is 299 Å². The number of sulfonamides is 1. The number of methoxy groups -OCH3 is 2. The monoisotopic (exact) mass is 1420 g/mol. The van der Waals surface area contributed by atoms with Gasteiger partial charge in [0.15, 0.2) is 0 Å². The standard InChI is InChI=1S/C28H30N4O2S.C25H27N3O4S2.C23H22N4O3S/c1-16(2)34-25-11-7-18(12-19(25)14-29)28-31-15-26(35-28)23-5-3-4-22-21(23)9-10-24(22)32-27(33)17-6-8-20(30)13-17;1-16(2)32-23-10-7-17(13-18(23)14-26)25-27-15-24(33-25)21-6-4-5-20-19(21)8-9-22(20)28-34(29,30)12-11-31-3;1-13(2)30-20-10-7-14(11-15(20)12-24)21-26-27-22(31-21)18-6-4-5-17-16(18)8-9-19(17)25-23(28)29-3/h3-5,7,11-12,15-17,20,24H,6,8-10,13,30H2,1-2H3,(H,32,33);4-7,10,13,15-16,22,28H,8-9,11-12H2,1-3H3;4-7,10-11,13,19H,8-9H2,1-3H3,(H,25,28)/t17?,20-,24-;22-;19-/m010/s1. The van der Waals surface area contributed by atoms with E-state index in [0.717, 1.165) is 126 Å². The Morgan fingerprint density at radius 1 is 0.560 bits per heavy atom. The van der Waals surface area contributed by atoms with E-state index in [2.05, 4.69) is 78.0 Å². The molecule has 0 aliphatic heterocycles. The number of alkyl carbamates (subject to hydrolysis) is 1. The van der Waals surface area contributed by atoms with Gasteiger partial charge in [0, 0.05) is 59.8 Å². The van der Waals surface area contributed by atoms with Crippen LogP contribution >= 0.6 is 34.0 Å². The Kier molecular flexibility index (Phi) is 23.2. The average Bonchev–Trinajstić information content (AvgIpc) is 1.64. The number of nitrogens with two attached hydrogens (primary N) is 1. The highest BCUT2D eigenvalue weighted by atomic mass is 32.2. The SMILES string of the molecule is CC(C)Oc1ccc(-c2ncc(-c3cccc4c3CC[C@@H]4NC(=O)C3CC[C@H](N)C3)s2)cc1C#N.COC(=O)N[C@H]1CCc2c(-c3nnc(-c4ccc(OC(C)C)c(C#N)c4)s3)cccc21.COCCS(=O)(=O)N[C@@H]1CCc2c(-c3cnc(-c4ccc(OC(C)C)c(C#N)c4)s3)cccc21. The van der Waals surface area contributed by atoms with Crippen LogP contribution in [0.15, 0.2) is 122 Å². The fourth-order valence-corrected chi connectivity index (χ4v) is 17.1. The lowest BCUT2D eigenvalue weighted by Crippen LogP contribution is -2.32. The molecule has 20 nitrogen and oxygen atoms in total. The molecule has 1 fully saturated rings.